The zero-order valence-corrected chi connectivity index (χ0v) is 13.2. The summed E-state index contributed by atoms with van der Waals surface area (Å²) in [6.07, 6.45) is 0. The zero-order valence-electron chi connectivity index (χ0n) is 11.6. The van der Waals surface area contributed by atoms with Crippen molar-refractivity contribution in [3.05, 3.63) is 81.4 Å². The Kier molecular flexibility index (Phi) is 3.09. The Labute approximate surface area is 135 Å². The van der Waals surface area contributed by atoms with Crippen molar-refractivity contribution in [1.82, 2.24) is 4.98 Å². The molecule has 1 N–H and O–H groups in total. The smallest absolute Gasteiger partial charge is 0.197 e. The van der Waals surface area contributed by atoms with E-state index in [1.165, 1.54) is 0 Å². The van der Waals surface area contributed by atoms with Gasteiger partial charge in [0.1, 0.15) is 0 Å². The van der Waals surface area contributed by atoms with E-state index >= 15 is 0 Å². The first-order chi connectivity index (χ1) is 10.8. The second kappa shape index (κ2) is 5.11. The molecule has 0 saturated heterocycles. The molecule has 0 aliphatic carbocycles. The molecule has 0 radical (unpaired) electrons. The summed E-state index contributed by atoms with van der Waals surface area (Å²) in [6.45, 7) is 0. The SMILES string of the molecule is O=c1c2cccc(Br)c2[nH]c2c(-c3ccccc3)cccc12. The van der Waals surface area contributed by atoms with Crippen LogP contribution in [0.15, 0.2) is 76.0 Å². The molecule has 0 spiro atoms. The van der Waals surface area contributed by atoms with Crippen LogP contribution in [0.4, 0.5) is 0 Å². The molecule has 0 saturated carbocycles. The monoisotopic (exact) mass is 349 g/mol. The van der Waals surface area contributed by atoms with E-state index in [2.05, 4.69) is 33.0 Å². The highest BCUT2D eigenvalue weighted by molar-refractivity contribution is 9.10. The van der Waals surface area contributed by atoms with E-state index in [0.717, 1.165) is 26.6 Å². The van der Waals surface area contributed by atoms with E-state index in [1.807, 2.05) is 54.6 Å². The molecule has 4 aromatic rings. The summed E-state index contributed by atoms with van der Waals surface area (Å²) in [6, 6.07) is 21.6. The second-order valence-corrected chi connectivity index (χ2v) is 6.07. The minimum Gasteiger partial charge on any atom is -0.353 e. The van der Waals surface area contributed by atoms with Gasteiger partial charge in [-0.05, 0) is 39.7 Å². The maximum atomic E-state index is 12.8. The number of H-pyrrole nitrogens is 1. The topological polar surface area (TPSA) is 32.9 Å². The molecular weight excluding hydrogens is 338 g/mol. The van der Waals surface area contributed by atoms with Gasteiger partial charge in [-0.15, -0.1) is 0 Å². The Morgan fingerprint density at radius 2 is 1.41 bits per heavy atom. The molecular formula is C19H12BrNO. The van der Waals surface area contributed by atoms with E-state index in [4.69, 9.17) is 0 Å². The normalized spacial score (nSPS) is 11.1. The minimum atomic E-state index is 0.0582. The lowest BCUT2D eigenvalue weighted by molar-refractivity contribution is 1.46. The van der Waals surface area contributed by atoms with Crippen molar-refractivity contribution in [2.75, 3.05) is 0 Å². The Morgan fingerprint density at radius 3 is 2.18 bits per heavy atom. The first-order valence-corrected chi connectivity index (χ1v) is 7.83. The number of halogens is 1. The lowest BCUT2D eigenvalue weighted by atomic mass is 10.0. The van der Waals surface area contributed by atoms with Crippen LogP contribution in [0.3, 0.4) is 0 Å². The summed E-state index contributed by atoms with van der Waals surface area (Å²) < 4.78 is 0.895. The molecule has 1 heterocycles. The molecule has 0 fully saturated rings. The first-order valence-electron chi connectivity index (χ1n) is 7.04. The van der Waals surface area contributed by atoms with E-state index < -0.39 is 0 Å². The largest absolute Gasteiger partial charge is 0.353 e. The molecule has 0 unspecified atom stereocenters. The highest BCUT2D eigenvalue weighted by Crippen LogP contribution is 2.29. The van der Waals surface area contributed by atoms with Crippen molar-refractivity contribution in [2.45, 2.75) is 0 Å². The molecule has 22 heavy (non-hydrogen) atoms. The first kappa shape index (κ1) is 13.3. The summed E-state index contributed by atoms with van der Waals surface area (Å²) in [5, 5.41) is 1.42. The Morgan fingerprint density at radius 1 is 0.727 bits per heavy atom. The molecule has 2 nitrogen and oxygen atoms in total. The number of pyridine rings is 1. The van der Waals surface area contributed by atoms with Crippen molar-refractivity contribution in [3.8, 4) is 11.1 Å². The number of aromatic amines is 1. The van der Waals surface area contributed by atoms with Gasteiger partial charge in [-0.2, -0.15) is 0 Å². The lowest BCUT2D eigenvalue weighted by Gasteiger charge is -2.09. The zero-order chi connectivity index (χ0) is 15.1. The van der Waals surface area contributed by atoms with Gasteiger partial charge in [-0.1, -0.05) is 48.5 Å². The summed E-state index contributed by atoms with van der Waals surface area (Å²) in [5.41, 5.74) is 3.90. The number of fused-ring (bicyclic) bond motifs is 2. The standard InChI is InChI=1S/C19H12BrNO/c20-16-11-5-10-15-18(16)21-17-13(12-6-2-1-3-7-12)8-4-9-14(17)19(15)22/h1-11H,(H,21,22). The van der Waals surface area contributed by atoms with Gasteiger partial charge in [0.15, 0.2) is 5.43 Å². The second-order valence-electron chi connectivity index (χ2n) is 5.21. The summed E-state index contributed by atoms with van der Waals surface area (Å²) in [4.78, 5) is 16.2. The average Bonchev–Trinajstić information content (AvgIpc) is 2.56. The third kappa shape index (κ3) is 1.97. The molecule has 1 aromatic heterocycles. The molecule has 0 aliphatic rings. The number of aromatic nitrogens is 1. The van der Waals surface area contributed by atoms with Gasteiger partial charge in [0.25, 0.3) is 0 Å². The van der Waals surface area contributed by atoms with Crippen LogP contribution in [0, 0.1) is 0 Å². The summed E-state index contributed by atoms with van der Waals surface area (Å²) in [7, 11) is 0. The van der Waals surface area contributed by atoms with Crippen LogP contribution in [-0.4, -0.2) is 4.98 Å². The summed E-state index contributed by atoms with van der Waals surface area (Å²) in [5.74, 6) is 0. The van der Waals surface area contributed by atoms with Gasteiger partial charge >= 0.3 is 0 Å². The third-order valence-corrected chi connectivity index (χ3v) is 4.56. The van der Waals surface area contributed by atoms with Gasteiger partial charge < -0.3 is 4.98 Å². The Balaban J connectivity index is 2.20. The maximum absolute atomic E-state index is 12.8. The minimum absolute atomic E-state index is 0.0582. The van der Waals surface area contributed by atoms with Crippen molar-refractivity contribution in [1.29, 1.82) is 0 Å². The predicted octanol–water partition coefficient (Wildman–Crippen LogP) is 5.11. The van der Waals surface area contributed by atoms with Crippen molar-refractivity contribution < 1.29 is 0 Å². The Bertz CT molecular complexity index is 1050. The van der Waals surface area contributed by atoms with Crippen LogP contribution in [0.2, 0.25) is 0 Å². The fourth-order valence-electron chi connectivity index (χ4n) is 2.84. The van der Waals surface area contributed by atoms with Crippen molar-refractivity contribution in [3.63, 3.8) is 0 Å². The van der Waals surface area contributed by atoms with Crippen LogP contribution < -0.4 is 5.43 Å². The molecule has 3 aromatic carbocycles. The molecule has 3 heteroatoms. The fraction of sp³-hybridized carbons (Fsp3) is 0. The van der Waals surface area contributed by atoms with Gasteiger partial charge in [-0.3, -0.25) is 4.79 Å². The number of nitrogens with one attached hydrogen (secondary N) is 1. The van der Waals surface area contributed by atoms with Crippen LogP contribution in [0.5, 0.6) is 0 Å². The number of benzene rings is 3. The number of rotatable bonds is 1. The van der Waals surface area contributed by atoms with Crippen LogP contribution in [-0.2, 0) is 0 Å². The van der Waals surface area contributed by atoms with E-state index in [-0.39, 0.29) is 5.43 Å². The molecule has 0 aliphatic heterocycles. The highest BCUT2D eigenvalue weighted by Gasteiger charge is 2.11. The van der Waals surface area contributed by atoms with Gasteiger partial charge in [0, 0.05) is 20.8 Å². The quantitative estimate of drug-likeness (QED) is 0.476. The van der Waals surface area contributed by atoms with Gasteiger partial charge in [0.2, 0.25) is 0 Å². The molecule has 0 amide bonds. The van der Waals surface area contributed by atoms with Crippen LogP contribution in [0.1, 0.15) is 0 Å². The van der Waals surface area contributed by atoms with E-state index in [0.29, 0.717) is 10.8 Å². The summed E-state index contributed by atoms with van der Waals surface area (Å²) >= 11 is 3.53. The Hall–Kier alpha value is -2.39. The fourth-order valence-corrected chi connectivity index (χ4v) is 3.31. The van der Waals surface area contributed by atoms with Gasteiger partial charge in [0.05, 0.1) is 11.0 Å². The average molecular weight is 350 g/mol. The van der Waals surface area contributed by atoms with Crippen molar-refractivity contribution in [2.24, 2.45) is 0 Å². The maximum Gasteiger partial charge on any atom is 0.197 e. The van der Waals surface area contributed by atoms with Crippen molar-refractivity contribution >= 4 is 37.7 Å². The molecule has 0 atom stereocenters. The van der Waals surface area contributed by atoms with E-state index in [9.17, 15) is 4.79 Å². The predicted molar refractivity (Wildman–Crippen MR) is 95.2 cm³/mol. The number of hydrogen-bond donors (Lipinski definition) is 1. The molecule has 0 bridgehead atoms. The number of para-hydroxylation sites is 2. The highest BCUT2D eigenvalue weighted by atomic mass is 79.9. The molecule has 106 valence electrons. The lowest BCUT2D eigenvalue weighted by Crippen LogP contribution is -2.05. The van der Waals surface area contributed by atoms with Crippen LogP contribution in [0.25, 0.3) is 32.9 Å². The molecule has 4 rings (SSSR count). The van der Waals surface area contributed by atoms with E-state index in [1.54, 1.807) is 0 Å². The number of hydrogen-bond acceptors (Lipinski definition) is 1. The third-order valence-electron chi connectivity index (χ3n) is 3.90. The van der Waals surface area contributed by atoms with Crippen LogP contribution >= 0.6 is 15.9 Å². The van der Waals surface area contributed by atoms with Gasteiger partial charge in [-0.25, -0.2) is 0 Å².